The summed E-state index contributed by atoms with van der Waals surface area (Å²) in [6.45, 7) is 1.85. The molecule has 0 saturated carbocycles. The lowest BCUT2D eigenvalue weighted by Gasteiger charge is -2.25. The first-order chi connectivity index (χ1) is 19.3. The number of benzene rings is 3. The van der Waals surface area contributed by atoms with Gasteiger partial charge in [-0.2, -0.15) is 0 Å². The van der Waals surface area contributed by atoms with Gasteiger partial charge in [0.05, 0.1) is 39.0 Å². The van der Waals surface area contributed by atoms with Gasteiger partial charge in [-0.15, -0.1) is 0 Å². The first kappa shape index (κ1) is 27.8. The van der Waals surface area contributed by atoms with Gasteiger partial charge in [-0.3, -0.25) is 9.36 Å². The topological polar surface area (TPSA) is 69.9 Å². The molecule has 0 N–H and O–H groups in total. The predicted molar refractivity (Wildman–Crippen MR) is 154 cm³/mol. The Morgan fingerprint density at radius 2 is 1.77 bits per heavy atom. The minimum Gasteiger partial charge on any atom is -0.486 e. The maximum absolute atomic E-state index is 14.0. The molecular weight excluding hydrogens is 574 g/mol. The van der Waals surface area contributed by atoms with Crippen LogP contribution in [0.3, 0.4) is 0 Å². The number of carbonyl (C=O) groups excluding carboxylic acids is 1. The highest BCUT2D eigenvalue weighted by atomic mass is 35.5. The molecule has 2 heterocycles. The molecule has 0 aliphatic carbocycles. The first-order valence-corrected chi connectivity index (χ1v) is 13.9. The lowest BCUT2D eigenvalue weighted by Crippen LogP contribution is -2.40. The molecule has 1 aliphatic rings. The van der Waals surface area contributed by atoms with Gasteiger partial charge in [-0.1, -0.05) is 90.0 Å². The van der Waals surface area contributed by atoms with E-state index in [9.17, 15) is 14.0 Å². The van der Waals surface area contributed by atoms with Gasteiger partial charge >= 0.3 is 5.97 Å². The molecule has 204 valence electrons. The molecule has 1 atom stereocenters. The van der Waals surface area contributed by atoms with Gasteiger partial charge in [0.25, 0.3) is 5.56 Å². The van der Waals surface area contributed by atoms with Crippen molar-refractivity contribution in [1.29, 1.82) is 0 Å². The number of rotatable bonds is 7. The second-order valence-corrected chi connectivity index (χ2v) is 10.7. The fourth-order valence-electron chi connectivity index (χ4n) is 4.53. The summed E-state index contributed by atoms with van der Waals surface area (Å²) in [5.41, 5.74) is 2.27. The molecule has 0 unspecified atom stereocenters. The molecule has 0 spiro atoms. The number of methoxy groups -OCH3 is 1. The fourth-order valence-corrected chi connectivity index (χ4v) is 6.17. The molecule has 6 nitrogen and oxygen atoms in total. The van der Waals surface area contributed by atoms with Gasteiger partial charge < -0.3 is 9.47 Å². The van der Waals surface area contributed by atoms with E-state index in [1.165, 1.54) is 29.1 Å². The molecule has 3 aromatic carbocycles. The van der Waals surface area contributed by atoms with Crippen molar-refractivity contribution in [3.63, 3.8) is 0 Å². The summed E-state index contributed by atoms with van der Waals surface area (Å²) in [4.78, 5) is 31.8. The second-order valence-electron chi connectivity index (χ2n) is 8.89. The number of nitrogens with zero attached hydrogens (tertiary/aromatic N) is 2. The number of carbonyl (C=O) groups is 1. The van der Waals surface area contributed by atoms with Crippen LogP contribution in [-0.2, 0) is 16.1 Å². The zero-order chi connectivity index (χ0) is 28.4. The van der Waals surface area contributed by atoms with E-state index in [0.29, 0.717) is 38.2 Å². The zero-order valence-electron chi connectivity index (χ0n) is 21.5. The highest BCUT2D eigenvalue weighted by Gasteiger charge is 2.33. The standard InChI is InChI=1S/C30H23Cl2FN2O4S/c1-3-23-25(29(37)38-2)26(18-9-5-4-6-10-18)35-28(36)24(40-30(35)34-23)15-17-13-20(31)27(21(32)14-17)39-16-19-11-7-8-12-22(19)33/h4-15,26H,3,16H2,1-2H3/b24-15-/t26-/m1/s1. The molecule has 1 aromatic heterocycles. The van der Waals surface area contributed by atoms with Gasteiger partial charge in [-0.25, -0.2) is 14.2 Å². The Labute approximate surface area is 243 Å². The second kappa shape index (κ2) is 11.8. The van der Waals surface area contributed by atoms with Crippen molar-refractivity contribution in [2.24, 2.45) is 4.99 Å². The summed E-state index contributed by atoms with van der Waals surface area (Å²) in [5, 5.41) is 0.428. The lowest BCUT2D eigenvalue weighted by molar-refractivity contribution is -0.136. The number of halogens is 3. The number of ether oxygens (including phenoxy) is 2. The van der Waals surface area contributed by atoms with E-state index in [2.05, 4.69) is 4.99 Å². The van der Waals surface area contributed by atoms with Crippen LogP contribution in [0.25, 0.3) is 6.08 Å². The number of hydrogen-bond acceptors (Lipinski definition) is 6. The van der Waals surface area contributed by atoms with Crippen LogP contribution in [-0.4, -0.2) is 17.6 Å². The Kier molecular flexibility index (Phi) is 8.21. The summed E-state index contributed by atoms with van der Waals surface area (Å²) in [6.07, 6.45) is 2.15. The van der Waals surface area contributed by atoms with Crippen molar-refractivity contribution in [3.05, 3.63) is 130 Å². The van der Waals surface area contributed by atoms with E-state index in [0.717, 1.165) is 5.56 Å². The average molecular weight is 597 g/mol. The minimum atomic E-state index is -0.691. The van der Waals surface area contributed by atoms with Gasteiger partial charge in [0.2, 0.25) is 0 Å². The van der Waals surface area contributed by atoms with Crippen LogP contribution < -0.4 is 19.6 Å². The SMILES string of the molecule is CCC1=C(C(=O)OC)[C@@H](c2ccccc2)n2c(s/c(=C\c3cc(Cl)c(OCc4ccccc4F)c(Cl)c3)c2=O)=N1. The van der Waals surface area contributed by atoms with E-state index in [1.807, 2.05) is 37.3 Å². The molecule has 0 radical (unpaired) electrons. The van der Waals surface area contributed by atoms with Crippen LogP contribution >= 0.6 is 34.5 Å². The number of hydrogen-bond donors (Lipinski definition) is 0. The Bertz CT molecular complexity index is 1790. The summed E-state index contributed by atoms with van der Waals surface area (Å²) in [5.74, 6) is -0.713. The average Bonchev–Trinajstić information content (AvgIpc) is 3.26. The van der Waals surface area contributed by atoms with Gasteiger partial charge in [0, 0.05) is 5.56 Å². The molecule has 1 aliphatic heterocycles. The van der Waals surface area contributed by atoms with E-state index < -0.39 is 17.8 Å². The van der Waals surface area contributed by atoms with E-state index >= 15 is 0 Å². The summed E-state index contributed by atoms with van der Waals surface area (Å²) < 4.78 is 26.7. The summed E-state index contributed by atoms with van der Waals surface area (Å²) in [7, 11) is 1.31. The molecule has 40 heavy (non-hydrogen) atoms. The van der Waals surface area contributed by atoms with Crippen LogP contribution in [0.15, 0.2) is 87.8 Å². The molecular formula is C30H23Cl2FN2O4S. The minimum absolute atomic E-state index is 0.0498. The largest absolute Gasteiger partial charge is 0.486 e. The number of fused-ring (bicyclic) bond motifs is 1. The Balaban J connectivity index is 1.57. The van der Waals surface area contributed by atoms with Crippen LogP contribution in [0.1, 0.15) is 36.1 Å². The maximum Gasteiger partial charge on any atom is 0.338 e. The summed E-state index contributed by atoms with van der Waals surface area (Å²) >= 11 is 14.2. The highest BCUT2D eigenvalue weighted by molar-refractivity contribution is 7.07. The molecule has 0 amide bonds. The Hall–Kier alpha value is -3.72. The van der Waals surface area contributed by atoms with Gasteiger partial charge in [0.1, 0.15) is 12.4 Å². The van der Waals surface area contributed by atoms with E-state index in [4.69, 9.17) is 32.7 Å². The molecule has 4 aromatic rings. The van der Waals surface area contributed by atoms with Crippen molar-refractivity contribution in [1.82, 2.24) is 4.57 Å². The first-order valence-electron chi connectivity index (χ1n) is 12.4. The Morgan fingerprint density at radius 3 is 2.42 bits per heavy atom. The number of esters is 1. The van der Waals surface area contributed by atoms with Crippen molar-refractivity contribution >= 4 is 46.6 Å². The molecule has 0 bridgehead atoms. The summed E-state index contributed by atoms with van der Waals surface area (Å²) in [6, 6.07) is 18.1. The monoisotopic (exact) mass is 596 g/mol. The fraction of sp³-hybridized carbons (Fsp3) is 0.167. The Morgan fingerprint density at radius 1 is 1.10 bits per heavy atom. The van der Waals surface area contributed by atoms with Crippen molar-refractivity contribution in [2.45, 2.75) is 26.0 Å². The third-order valence-electron chi connectivity index (χ3n) is 6.41. The third-order valence-corrected chi connectivity index (χ3v) is 7.96. The molecule has 0 fully saturated rings. The van der Waals surface area contributed by atoms with Crippen molar-refractivity contribution in [3.8, 4) is 5.75 Å². The molecule has 10 heteroatoms. The zero-order valence-corrected chi connectivity index (χ0v) is 23.8. The van der Waals surface area contributed by atoms with E-state index in [1.54, 1.807) is 36.4 Å². The normalized spacial score (nSPS) is 15.0. The van der Waals surface area contributed by atoms with Crippen LogP contribution in [0, 0.1) is 5.82 Å². The predicted octanol–water partition coefficient (Wildman–Crippen LogP) is 5.82. The van der Waals surface area contributed by atoms with Crippen molar-refractivity contribution in [2.75, 3.05) is 7.11 Å². The lowest BCUT2D eigenvalue weighted by atomic mass is 9.95. The smallest absolute Gasteiger partial charge is 0.338 e. The highest BCUT2D eigenvalue weighted by Crippen LogP contribution is 2.35. The van der Waals surface area contributed by atoms with Crippen LogP contribution in [0.2, 0.25) is 10.0 Å². The van der Waals surface area contributed by atoms with E-state index in [-0.39, 0.29) is 28.0 Å². The van der Waals surface area contributed by atoms with Crippen LogP contribution in [0.5, 0.6) is 5.75 Å². The van der Waals surface area contributed by atoms with Crippen molar-refractivity contribution < 1.29 is 18.7 Å². The maximum atomic E-state index is 14.0. The number of thiazole rings is 1. The number of allylic oxidation sites excluding steroid dienone is 1. The number of aromatic nitrogens is 1. The molecule has 0 saturated heterocycles. The van der Waals surface area contributed by atoms with Crippen LogP contribution in [0.4, 0.5) is 4.39 Å². The molecule has 5 rings (SSSR count). The quantitative estimate of drug-likeness (QED) is 0.252. The van der Waals surface area contributed by atoms with Gasteiger partial charge in [0.15, 0.2) is 10.6 Å². The third kappa shape index (κ3) is 5.35. The van der Waals surface area contributed by atoms with Gasteiger partial charge in [-0.05, 0) is 41.8 Å².